The van der Waals surface area contributed by atoms with Gasteiger partial charge in [0.2, 0.25) is 0 Å². The zero-order valence-corrected chi connectivity index (χ0v) is 15.9. The molecule has 0 radical (unpaired) electrons. The molecule has 0 bridgehead atoms. The summed E-state index contributed by atoms with van der Waals surface area (Å²) in [5.41, 5.74) is 4.11. The van der Waals surface area contributed by atoms with E-state index in [0.717, 1.165) is 23.5 Å². The first kappa shape index (κ1) is 18.0. The lowest BCUT2D eigenvalue weighted by molar-refractivity contribution is 0.102. The van der Waals surface area contributed by atoms with E-state index in [1.54, 1.807) is 25.3 Å². The van der Waals surface area contributed by atoms with E-state index in [1.165, 1.54) is 11.8 Å². The number of nitrogens with zero attached hydrogens (tertiary/aromatic N) is 2. The van der Waals surface area contributed by atoms with Gasteiger partial charge < -0.3 is 13.7 Å². The van der Waals surface area contributed by atoms with Gasteiger partial charge in [-0.25, -0.2) is 4.98 Å². The second-order valence-corrected chi connectivity index (χ2v) is 7.10. The van der Waals surface area contributed by atoms with Crippen LogP contribution in [0.15, 0.2) is 33.9 Å². The standard InChI is InChI=1S/C18H19ClN2O3S/c1-11-8-14(12(2)21(11)6-7-23-3)16(22)10-25-18-20-15-9-13(19)4-5-17(15)24-18/h4-5,8-9H,6-7,10H2,1-3H3. The van der Waals surface area contributed by atoms with Crippen molar-refractivity contribution in [1.82, 2.24) is 9.55 Å². The van der Waals surface area contributed by atoms with Gasteiger partial charge in [0.05, 0.1) is 12.4 Å². The Morgan fingerprint density at radius 1 is 1.36 bits per heavy atom. The van der Waals surface area contributed by atoms with Crippen molar-refractivity contribution in [3.8, 4) is 0 Å². The van der Waals surface area contributed by atoms with E-state index in [9.17, 15) is 4.79 Å². The first-order chi connectivity index (χ1) is 12.0. The van der Waals surface area contributed by atoms with E-state index in [4.69, 9.17) is 20.8 Å². The molecule has 3 aromatic rings. The molecule has 3 rings (SSSR count). The van der Waals surface area contributed by atoms with Gasteiger partial charge >= 0.3 is 0 Å². The molecule has 25 heavy (non-hydrogen) atoms. The van der Waals surface area contributed by atoms with Crippen LogP contribution >= 0.6 is 23.4 Å². The summed E-state index contributed by atoms with van der Waals surface area (Å²) in [6.07, 6.45) is 0. The van der Waals surface area contributed by atoms with Gasteiger partial charge in [-0.1, -0.05) is 23.4 Å². The van der Waals surface area contributed by atoms with Crippen LogP contribution < -0.4 is 0 Å². The maximum absolute atomic E-state index is 12.6. The molecular formula is C18H19ClN2O3S. The molecule has 0 saturated heterocycles. The minimum Gasteiger partial charge on any atom is -0.431 e. The van der Waals surface area contributed by atoms with E-state index in [1.807, 2.05) is 19.9 Å². The normalized spacial score (nSPS) is 11.4. The summed E-state index contributed by atoms with van der Waals surface area (Å²) in [6.45, 7) is 5.31. The number of carbonyl (C=O) groups is 1. The lowest BCUT2D eigenvalue weighted by Gasteiger charge is -2.08. The highest BCUT2D eigenvalue weighted by atomic mass is 35.5. The van der Waals surface area contributed by atoms with Crippen molar-refractivity contribution in [2.75, 3.05) is 19.5 Å². The van der Waals surface area contributed by atoms with Crippen LogP contribution in [-0.4, -0.2) is 34.8 Å². The van der Waals surface area contributed by atoms with Crippen molar-refractivity contribution in [2.24, 2.45) is 0 Å². The van der Waals surface area contributed by atoms with Crippen LogP contribution in [0, 0.1) is 13.8 Å². The van der Waals surface area contributed by atoms with Gasteiger partial charge in [0, 0.05) is 35.6 Å². The summed E-state index contributed by atoms with van der Waals surface area (Å²) < 4.78 is 12.9. The first-order valence-corrected chi connectivity index (χ1v) is 9.23. The predicted molar refractivity (Wildman–Crippen MR) is 99.9 cm³/mol. The van der Waals surface area contributed by atoms with Gasteiger partial charge in [-0.15, -0.1) is 0 Å². The lowest BCUT2D eigenvalue weighted by atomic mass is 10.2. The van der Waals surface area contributed by atoms with Crippen molar-refractivity contribution in [1.29, 1.82) is 0 Å². The summed E-state index contributed by atoms with van der Waals surface area (Å²) in [5.74, 6) is 0.330. The van der Waals surface area contributed by atoms with Gasteiger partial charge in [-0.05, 0) is 38.1 Å². The Morgan fingerprint density at radius 3 is 2.92 bits per heavy atom. The van der Waals surface area contributed by atoms with Gasteiger partial charge in [0.1, 0.15) is 5.52 Å². The minimum atomic E-state index is 0.0575. The Kier molecular flexibility index (Phi) is 5.51. The lowest BCUT2D eigenvalue weighted by Crippen LogP contribution is -2.09. The number of aryl methyl sites for hydroxylation is 1. The Bertz CT molecular complexity index is 917. The number of methoxy groups -OCH3 is 1. The minimum absolute atomic E-state index is 0.0575. The molecule has 2 aromatic heterocycles. The van der Waals surface area contributed by atoms with Crippen molar-refractivity contribution in [2.45, 2.75) is 25.6 Å². The van der Waals surface area contributed by atoms with Crippen molar-refractivity contribution in [3.05, 3.63) is 46.2 Å². The van der Waals surface area contributed by atoms with Crippen LogP contribution in [-0.2, 0) is 11.3 Å². The molecule has 0 aliphatic rings. The maximum Gasteiger partial charge on any atom is 0.257 e. The van der Waals surface area contributed by atoms with E-state index < -0.39 is 0 Å². The number of ether oxygens (including phenoxy) is 1. The van der Waals surface area contributed by atoms with Gasteiger partial charge in [0.15, 0.2) is 11.4 Å². The van der Waals surface area contributed by atoms with Crippen molar-refractivity contribution >= 4 is 40.2 Å². The molecule has 0 N–H and O–H groups in total. The number of hydrogen-bond donors (Lipinski definition) is 0. The number of Topliss-reactive ketones (excluding diaryl/α,β-unsaturated/α-hetero) is 1. The number of rotatable bonds is 7. The third kappa shape index (κ3) is 3.92. The Hall–Kier alpha value is -1.76. The fraction of sp³-hybridized carbons (Fsp3) is 0.333. The van der Waals surface area contributed by atoms with Crippen molar-refractivity contribution < 1.29 is 13.9 Å². The maximum atomic E-state index is 12.6. The Morgan fingerprint density at radius 2 is 2.16 bits per heavy atom. The number of ketones is 1. The molecule has 0 saturated carbocycles. The quantitative estimate of drug-likeness (QED) is 0.447. The number of fused-ring (bicyclic) bond motifs is 1. The highest BCUT2D eigenvalue weighted by Gasteiger charge is 2.17. The molecule has 0 aliphatic heterocycles. The Balaban J connectivity index is 1.71. The fourth-order valence-electron chi connectivity index (χ4n) is 2.76. The number of hydrogen-bond acceptors (Lipinski definition) is 5. The highest BCUT2D eigenvalue weighted by Crippen LogP contribution is 2.26. The second kappa shape index (κ2) is 7.64. The average Bonchev–Trinajstić information content (AvgIpc) is 3.11. The number of thioether (sulfide) groups is 1. The van der Waals surface area contributed by atoms with Crippen LogP contribution in [0.3, 0.4) is 0 Å². The molecule has 0 amide bonds. The number of aromatic nitrogens is 2. The summed E-state index contributed by atoms with van der Waals surface area (Å²) >= 11 is 7.24. The molecule has 0 atom stereocenters. The van der Waals surface area contributed by atoms with Crippen LogP contribution in [0.4, 0.5) is 0 Å². The largest absolute Gasteiger partial charge is 0.431 e. The summed E-state index contributed by atoms with van der Waals surface area (Å²) in [7, 11) is 1.67. The van der Waals surface area contributed by atoms with Gasteiger partial charge in [-0.3, -0.25) is 4.79 Å². The third-order valence-electron chi connectivity index (χ3n) is 4.05. The molecule has 0 unspecified atom stereocenters. The number of halogens is 1. The zero-order valence-electron chi connectivity index (χ0n) is 14.3. The molecule has 1 aromatic carbocycles. The van der Waals surface area contributed by atoms with Gasteiger partial charge in [-0.2, -0.15) is 0 Å². The van der Waals surface area contributed by atoms with Crippen molar-refractivity contribution in [3.63, 3.8) is 0 Å². The fourth-order valence-corrected chi connectivity index (χ4v) is 3.64. The monoisotopic (exact) mass is 378 g/mol. The zero-order chi connectivity index (χ0) is 18.0. The SMILES string of the molecule is COCCn1c(C)cc(C(=O)CSc2nc3cc(Cl)ccc3o2)c1C. The molecule has 0 aliphatic carbocycles. The number of carbonyl (C=O) groups excluding carboxylic acids is 1. The molecule has 2 heterocycles. The molecule has 5 nitrogen and oxygen atoms in total. The third-order valence-corrected chi connectivity index (χ3v) is 5.11. The van der Waals surface area contributed by atoms with E-state index in [-0.39, 0.29) is 11.5 Å². The number of benzene rings is 1. The molecule has 0 spiro atoms. The molecule has 0 fully saturated rings. The smallest absolute Gasteiger partial charge is 0.257 e. The van der Waals surface area contributed by atoms with Crippen LogP contribution in [0.25, 0.3) is 11.1 Å². The van der Waals surface area contributed by atoms with Crippen LogP contribution in [0.2, 0.25) is 5.02 Å². The van der Waals surface area contributed by atoms with Gasteiger partial charge in [0.25, 0.3) is 5.22 Å². The molecular weight excluding hydrogens is 360 g/mol. The number of oxazole rings is 1. The van der Waals surface area contributed by atoms with E-state index in [2.05, 4.69) is 9.55 Å². The average molecular weight is 379 g/mol. The molecule has 132 valence electrons. The highest BCUT2D eigenvalue weighted by molar-refractivity contribution is 7.99. The topological polar surface area (TPSA) is 57.3 Å². The Labute approximate surface area is 155 Å². The summed E-state index contributed by atoms with van der Waals surface area (Å²) in [6, 6.07) is 7.21. The summed E-state index contributed by atoms with van der Waals surface area (Å²) in [5, 5.41) is 1.08. The predicted octanol–water partition coefficient (Wildman–Crippen LogP) is 4.52. The van der Waals surface area contributed by atoms with E-state index >= 15 is 0 Å². The van der Waals surface area contributed by atoms with E-state index in [0.29, 0.717) is 28.0 Å². The molecule has 7 heteroatoms. The first-order valence-electron chi connectivity index (χ1n) is 7.87. The van der Waals surface area contributed by atoms with Crippen LogP contribution in [0.1, 0.15) is 21.7 Å². The van der Waals surface area contributed by atoms with Crippen LogP contribution in [0.5, 0.6) is 0 Å². The summed E-state index contributed by atoms with van der Waals surface area (Å²) in [4.78, 5) is 17.0. The second-order valence-electron chi connectivity index (χ2n) is 5.73.